The van der Waals surface area contributed by atoms with Crippen molar-refractivity contribution in [3.05, 3.63) is 106 Å². The molecule has 0 saturated carbocycles. The van der Waals surface area contributed by atoms with Gasteiger partial charge in [-0.2, -0.15) is 0 Å². The summed E-state index contributed by atoms with van der Waals surface area (Å²) in [6, 6.07) is 21.0. The molecule has 0 fully saturated rings. The van der Waals surface area contributed by atoms with Gasteiger partial charge in [0.1, 0.15) is 0 Å². The number of fused-ring (bicyclic) bond motifs is 2. The van der Waals surface area contributed by atoms with Crippen molar-refractivity contribution < 1.29 is 5.21 Å². The zero-order valence-corrected chi connectivity index (χ0v) is 20.5. The zero-order valence-electron chi connectivity index (χ0n) is 20.5. The topological polar surface area (TPSA) is 58.4 Å². The van der Waals surface area contributed by atoms with Crippen molar-refractivity contribution in [2.24, 2.45) is 0 Å². The summed E-state index contributed by atoms with van der Waals surface area (Å²) in [5, 5.41) is 10.9. The van der Waals surface area contributed by atoms with Gasteiger partial charge >= 0.3 is 0 Å². The second-order valence-corrected chi connectivity index (χ2v) is 10.0. The molecule has 0 unspecified atom stereocenters. The SMILES string of the molecule is O=c1cc(N2CCc3ccc(-c4cccc(CC5=CCCCCC5)c4)cc3C2)c2cccnc2n1O. The smallest absolute Gasteiger partial charge is 0.286 e. The Morgan fingerprint density at radius 3 is 2.75 bits per heavy atom. The van der Waals surface area contributed by atoms with Gasteiger partial charge in [-0.25, -0.2) is 4.98 Å². The predicted octanol–water partition coefficient (Wildman–Crippen LogP) is 6.30. The third kappa shape index (κ3) is 4.41. The van der Waals surface area contributed by atoms with Crippen LogP contribution in [-0.4, -0.2) is 21.5 Å². The summed E-state index contributed by atoms with van der Waals surface area (Å²) in [6.45, 7) is 1.53. The van der Waals surface area contributed by atoms with Crippen LogP contribution in [-0.2, 0) is 19.4 Å². The van der Waals surface area contributed by atoms with Gasteiger partial charge in [-0.1, -0.05) is 54.5 Å². The van der Waals surface area contributed by atoms with Gasteiger partial charge in [0.05, 0.1) is 5.69 Å². The van der Waals surface area contributed by atoms with Crippen LogP contribution in [0.2, 0.25) is 0 Å². The van der Waals surface area contributed by atoms with Crippen LogP contribution in [0.4, 0.5) is 5.69 Å². The highest BCUT2D eigenvalue weighted by atomic mass is 16.5. The van der Waals surface area contributed by atoms with Crippen molar-refractivity contribution in [2.75, 3.05) is 11.4 Å². The van der Waals surface area contributed by atoms with E-state index in [1.165, 1.54) is 66.0 Å². The molecule has 0 radical (unpaired) electrons. The molecule has 0 bridgehead atoms. The second-order valence-electron chi connectivity index (χ2n) is 10.0. The van der Waals surface area contributed by atoms with E-state index in [1.54, 1.807) is 11.8 Å². The van der Waals surface area contributed by atoms with Gasteiger partial charge in [0.25, 0.3) is 5.56 Å². The van der Waals surface area contributed by atoms with Gasteiger partial charge in [0, 0.05) is 30.7 Å². The van der Waals surface area contributed by atoms with Crippen LogP contribution >= 0.6 is 0 Å². The molecule has 2 aliphatic rings. The molecule has 4 aromatic rings. The van der Waals surface area contributed by atoms with Crippen LogP contribution < -0.4 is 10.5 Å². The van der Waals surface area contributed by atoms with Crippen LogP contribution in [0, 0.1) is 0 Å². The molecular formula is C31H31N3O2. The number of hydrogen-bond acceptors (Lipinski definition) is 4. The fraction of sp³-hybridized carbons (Fsp3) is 0.290. The van der Waals surface area contributed by atoms with Gasteiger partial charge in [-0.15, -0.1) is 4.73 Å². The molecule has 182 valence electrons. The highest BCUT2D eigenvalue weighted by Crippen LogP contribution is 2.32. The van der Waals surface area contributed by atoms with E-state index in [9.17, 15) is 10.0 Å². The molecule has 0 atom stereocenters. The van der Waals surface area contributed by atoms with E-state index in [4.69, 9.17) is 0 Å². The molecule has 5 nitrogen and oxygen atoms in total. The van der Waals surface area contributed by atoms with Gasteiger partial charge in [0.15, 0.2) is 5.65 Å². The van der Waals surface area contributed by atoms with E-state index in [2.05, 4.69) is 58.4 Å². The van der Waals surface area contributed by atoms with Crippen molar-refractivity contribution in [3.63, 3.8) is 0 Å². The minimum absolute atomic E-state index is 0.292. The fourth-order valence-electron chi connectivity index (χ4n) is 5.69. The Hall–Kier alpha value is -3.86. The Kier molecular flexibility index (Phi) is 6.06. The molecule has 36 heavy (non-hydrogen) atoms. The Morgan fingerprint density at radius 2 is 1.81 bits per heavy atom. The summed E-state index contributed by atoms with van der Waals surface area (Å²) in [4.78, 5) is 18.9. The van der Waals surface area contributed by atoms with Gasteiger partial charge in [0.2, 0.25) is 0 Å². The molecule has 5 heteroatoms. The average molecular weight is 478 g/mol. The van der Waals surface area contributed by atoms with Crippen LogP contribution in [0.3, 0.4) is 0 Å². The molecule has 1 aliphatic carbocycles. The maximum absolute atomic E-state index is 12.4. The third-order valence-corrected chi connectivity index (χ3v) is 7.62. The number of aromatic nitrogens is 2. The Morgan fingerprint density at radius 1 is 0.889 bits per heavy atom. The normalized spacial score (nSPS) is 15.9. The molecular weight excluding hydrogens is 446 g/mol. The summed E-state index contributed by atoms with van der Waals surface area (Å²) in [5.41, 5.74) is 8.72. The lowest BCUT2D eigenvalue weighted by Gasteiger charge is -2.31. The minimum atomic E-state index is -0.462. The highest BCUT2D eigenvalue weighted by molar-refractivity contribution is 5.89. The second kappa shape index (κ2) is 9.65. The standard InChI is InChI=1S/C31H31N3O2/c35-30-20-29(28-11-6-15-32-31(28)34(30)36)33-16-14-24-12-13-26(19-27(24)21-33)25-10-5-9-23(18-25)17-22-7-3-1-2-4-8-22/h5-7,9-13,15,18-20,36H,1-4,8,14,16-17,21H2. The molecule has 2 aromatic carbocycles. The number of rotatable bonds is 4. The first-order valence-electron chi connectivity index (χ1n) is 13.0. The van der Waals surface area contributed by atoms with Crippen LogP contribution in [0.1, 0.15) is 48.8 Å². The van der Waals surface area contributed by atoms with Gasteiger partial charge < -0.3 is 10.1 Å². The van der Waals surface area contributed by atoms with Gasteiger partial charge in [-0.05, 0) is 84.5 Å². The molecule has 2 aromatic heterocycles. The Balaban J connectivity index is 1.29. The van der Waals surface area contributed by atoms with Crippen molar-refractivity contribution in [1.82, 2.24) is 9.71 Å². The lowest BCUT2D eigenvalue weighted by atomic mass is 9.92. The van der Waals surface area contributed by atoms with Crippen molar-refractivity contribution in [1.29, 1.82) is 0 Å². The summed E-state index contributed by atoms with van der Waals surface area (Å²) in [5.74, 6) is 0. The zero-order chi connectivity index (χ0) is 24.5. The lowest BCUT2D eigenvalue weighted by Crippen LogP contribution is -2.32. The highest BCUT2D eigenvalue weighted by Gasteiger charge is 2.21. The first kappa shape index (κ1) is 22.6. The molecule has 1 N–H and O–H groups in total. The van der Waals surface area contributed by atoms with E-state index >= 15 is 0 Å². The number of pyridine rings is 2. The number of allylic oxidation sites excluding steroid dienone is 2. The third-order valence-electron chi connectivity index (χ3n) is 7.62. The van der Waals surface area contributed by atoms with E-state index < -0.39 is 5.56 Å². The molecule has 0 saturated heterocycles. The molecule has 6 rings (SSSR count). The van der Waals surface area contributed by atoms with E-state index in [-0.39, 0.29) is 0 Å². The largest absolute Gasteiger partial charge is 0.423 e. The van der Waals surface area contributed by atoms with Crippen molar-refractivity contribution in [2.45, 2.75) is 51.5 Å². The monoisotopic (exact) mass is 477 g/mol. The maximum Gasteiger partial charge on any atom is 0.286 e. The lowest BCUT2D eigenvalue weighted by molar-refractivity contribution is 0.186. The number of nitrogens with zero attached hydrogens (tertiary/aromatic N) is 3. The van der Waals surface area contributed by atoms with Gasteiger partial charge in [-0.3, -0.25) is 4.79 Å². The van der Waals surface area contributed by atoms with Crippen LogP contribution in [0.25, 0.3) is 22.2 Å². The van der Waals surface area contributed by atoms with Crippen LogP contribution in [0.15, 0.2) is 83.3 Å². The molecule has 0 amide bonds. The number of benzene rings is 2. The van der Waals surface area contributed by atoms with E-state index in [1.807, 2.05) is 12.1 Å². The van der Waals surface area contributed by atoms with Crippen molar-refractivity contribution in [3.8, 4) is 11.1 Å². The summed E-state index contributed by atoms with van der Waals surface area (Å²) in [7, 11) is 0. The summed E-state index contributed by atoms with van der Waals surface area (Å²) in [6.07, 6.45) is 12.4. The Labute approximate surface area is 211 Å². The van der Waals surface area contributed by atoms with Crippen molar-refractivity contribution >= 4 is 16.7 Å². The first-order valence-corrected chi connectivity index (χ1v) is 13.0. The van der Waals surface area contributed by atoms with Crippen LogP contribution in [0.5, 0.6) is 0 Å². The fourth-order valence-corrected chi connectivity index (χ4v) is 5.69. The Bertz CT molecular complexity index is 1520. The summed E-state index contributed by atoms with van der Waals surface area (Å²) < 4.78 is 0.632. The quantitative estimate of drug-likeness (QED) is 0.277. The van der Waals surface area contributed by atoms with E-state index in [0.29, 0.717) is 16.9 Å². The average Bonchev–Trinajstić information content (AvgIpc) is 3.19. The maximum atomic E-state index is 12.4. The minimum Gasteiger partial charge on any atom is -0.423 e. The molecule has 0 spiro atoms. The predicted molar refractivity (Wildman–Crippen MR) is 145 cm³/mol. The molecule has 3 heterocycles. The van der Waals surface area contributed by atoms with E-state index in [0.717, 1.165) is 30.5 Å². The number of anilines is 1. The number of hydrogen-bond donors (Lipinski definition) is 1. The summed E-state index contributed by atoms with van der Waals surface area (Å²) >= 11 is 0. The first-order chi connectivity index (χ1) is 17.7. The molecule has 1 aliphatic heterocycles.